The Morgan fingerprint density at radius 2 is 1.75 bits per heavy atom. The van der Waals surface area contributed by atoms with E-state index in [4.69, 9.17) is 4.74 Å². The molecule has 6 heteroatoms. The van der Waals surface area contributed by atoms with Crippen molar-refractivity contribution in [2.75, 3.05) is 11.9 Å². The lowest BCUT2D eigenvalue weighted by molar-refractivity contribution is -0.121. The van der Waals surface area contributed by atoms with Gasteiger partial charge in [-0.25, -0.2) is 4.79 Å². The van der Waals surface area contributed by atoms with Gasteiger partial charge in [0.05, 0.1) is 4.32 Å². The molecule has 148 valence electrons. The zero-order valence-corrected chi connectivity index (χ0v) is 18.1. The number of fused-ring (bicyclic) bond motifs is 1. The van der Waals surface area contributed by atoms with E-state index in [9.17, 15) is 9.59 Å². The Labute approximate surface area is 174 Å². The van der Waals surface area contributed by atoms with Crippen molar-refractivity contribution >= 4 is 33.6 Å². The number of anilines is 1. The molecule has 0 saturated heterocycles. The molecule has 0 aromatic heterocycles. The van der Waals surface area contributed by atoms with Crippen LogP contribution in [-0.4, -0.2) is 30.7 Å². The minimum Gasteiger partial charge on any atom is -0.444 e. The summed E-state index contributed by atoms with van der Waals surface area (Å²) in [6.07, 6.45) is -0.0889. The van der Waals surface area contributed by atoms with Crippen molar-refractivity contribution < 1.29 is 14.3 Å². The monoisotopic (exact) mass is 444 g/mol. The number of para-hydroxylation sites is 1. The van der Waals surface area contributed by atoms with Gasteiger partial charge in [0.25, 0.3) is 5.91 Å². The number of ether oxygens (including phenoxy) is 1. The molecule has 5 nitrogen and oxygen atoms in total. The number of likely N-dealkylation sites (N-methyl/N-ethyl adjacent to an activating group) is 1. The highest BCUT2D eigenvalue weighted by Gasteiger charge is 2.48. The summed E-state index contributed by atoms with van der Waals surface area (Å²) in [4.78, 5) is 27.6. The molecule has 2 aromatic carbocycles. The van der Waals surface area contributed by atoms with Crippen molar-refractivity contribution in [3.8, 4) is 0 Å². The molecule has 3 rings (SSSR count). The first-order valence-electron chi connectivity index (χ1n) is 9.21. The average molecular weight is 445 g/mol. The molecule has 0 bridgehead atoms. The Hall–Kier alpha value is -2.34. The third-order valence-electron chi connectivity index (χ3n) is 4.75. The van der Waals surface area contributed by atoms with Crippen molar-refractivity contribution in [1.82, 2.24) is 5.32 Å². The van der Waals surface area contributed by atoms with Gasteiger partial charge in [0.1, 0.15) is 11.6 Å². The predicted molar refractivity (Wildman–Crippen MR) is 114 cm³/mol. The van der Waals surface area contributed by atoms with Gasteiger partial charge in [-0.2, -0.15) is 0 Å². The van der Waals surface area contributed by atoms with E-state index >= 15 is 0 Å². The molecule has 1 aliphatic rings. The molecule has 28 heavy (non-hydrogen) atoms. The van der Waals surface area contributed by atoms with E-state index in [0.717, 1.165) is 16.8 Å². The highest BCUT2D eigenvalue weighted by molar-refractivity contribution is 9.09. The maximum Gasteiger partial charge on any atom is 0.408 e. The fourth-order valence-corrected chi connectivity index (χ4v) is 4.34. The van der Waals surface area contributed by atoms with Crippen LogP contribution in [0.25, 0.3) is 0 Å². The Kier molecular flexibility index (Phi) is 5.53. The Bertz CT molecular complexity index is 879. The molecule has 0 fully saturated rings. The number of halogens is 1. The number of hydrogen-bond donors (Lipinski definition) is 1. The molecular weight excluding hydrogens is 420 g/mol. The van der Waals surface area contributed by atoms with Crippen molar-refractivity contribution in [1.29, 1.82) is 0 Å². The number of carbonyl (C=O) groups excluding carboxylic acids is 2. The molecular formula is C22H25BrN2O3. The molecule has 2 unspecified atom stereocenters. The number of carbonyl (C=O) groups is 2. The second kappa shape index (κ2) is 7.59. The van der Waals surface area contributed by atoms with E-state index in [1.165, 1.54) is 0 Å². The number of hydrogen-bond acceptors (Lipinski definition) is 3. The molecule has 2 aromatic rings. The van der Waals surface area contributed by atoms with Crippen LogP contribution in [0.3, 0.4) is 0 Å². The highest BCUT2D eigenvalue weighted by atomic mass is 79.9. The highest BCUT2D eigenvalue weighted by Crippen LogP contribution is 2.43. The number of amides is 2. The number of nitrogens with zero attached hydrogens (tertiary/aromatic N) is 1. The number of alkyl carbamates (subject to hydrolysis) is 1. The van der Waals surface area contributed by atoms with Gasteiger partial charge in [-0.15, -0.1) is 0 Å². The lowest BCUT2D eigenvalue weighted by atomic mass is 9.86. The van der Waals surface area contributed by atoms with Crippen molar-refractivity contribution in [3.05, 3.63) is 65.7 Å². The van der Waals surface area contributed by atoms with Crippen LogP contribution in [0.2, 0.25) is 0 Å². The normalized spacial score (nSPS) is 22.2. The van der Waals surface area contributed by atoms with Gasteiger partial charge in [0.15, 0.2) is 0 Å². The summed E-state index contributed by atoms with van der Waals surface area (Å²) in [5.41, 5.74) is 2.11. The summed E-state index contributed by atoms with van der Waals surface area (Å²) in [5, 5.41) is 2.82. The van der Waals surface area contributed by atoms with Crippen LogP contribution < -0.4 is 10.2 Å². The first kappa shape index (κ1) is 20.4. The Balaban J connectivity index is 2.08. The predicted octanol–water partition coefficient (Wildman–Crippen LogP) is 4.39. The van der Waals surface area contributed by atoms with Crippen LogP contribution in [0.4, 0.5) is 10.5 Å². The largest absolute Gasteiger partial charge is 0.444 e. The molecule has 2 atom stereocenters. The Morgan fingerprint density at radius 1 is 1.14 bits per heavy atom. The third-order valence-corrected chi connectivity index (χ3v) is 5.95. The molecule has 1 aliphatic heterocycles. The summed E-state index contributed by atoms with van der Waals surface area (Å²) in [5.74, 6) is -0.212. The zero-order chi connectivity index (χ0) is 20.5. The van der Waals surface area contributed by atoms with E-state index in [2.05, 4.69) is 21.2 Å². The second-order valence-corrected chi connectivity index (χ2v) is 9.43. The SMILES string of the molecule is CN1C(=O)C(NC(=O)OC(C)(C)C)C(Br)(c2ccccc2)Cc2ccccc21. The van der Waals surface area contributed by atoms with Crippen LogP contribution in [0, 0.1) is 0 Å². The van der Waals surface area contributed by atoms with Gasteiger partial charge < -0.3 is 15.0 Å². The van der Waals surface area contributed by atoms with Crippen LogP contribution in [-0.2, 0) is 20.3 Å². The summed E-state index contributed by atoms with van der Waals surface area (Å²) in [6.45, 7) is 5.38. The first-order chi connectivity index (χ1) is 13.1. The van der Waals surface area contributed by atoms with Crippen LogP contribution in [0.1, 0.15) is 31.9 Å². The van der Waals surface area contributed by atoms with Gasteiger partial charge in [-0.1, -0.05) is 64.5 Å². The van der Waals surface area contributed by atoms with Gasteiger partial charge in [0, 0.05) is 12.7 Å². The number of nitrogens with one attached hydrogen (secondary N) is 1. The minimum absolute atomic E-state index is 0.212. The maximum atomic E-state index is 13.4. The molecule has 0 aliphatic carbocycles. The molecule has 0 radical (unpaired) electrons. The van der Waals surface area contributed by atoms with E-state index in [-0.39, 0.29) is 5.91 Å². The van der Waals surface area contributed by atoms with Gasteiger partial charge in [-0.05, 0) is 44.4 Å². The third kappa shape index (κ3) is 4.07. The first-order valence-corrected chi connectivity index (χ1v) is 10.0. The maximum absolute atomic E-state index is 13.4. The van der Waals surface area contributed by atoms with Gasteiger partial charge in [0.2, 0.25) is 0 Å². The number of benzene rings is 2. The lowest BCUT2D eigenvalue weighted by Gasteiger charge is -2.35. The second-order valence-electron chi connectivity index (χ2n) is 8.01. The lowest BCUT2D eigenvalue weighted by Crippen LogP contribution is -2.56. The summed E-state index contributed by atoms with van der Waals surface area (Å²) in [6, 6.07) is 16.6. The van der Waals surface area contributed by atoms with Crippen LogP contribution in [0.5, 0.6) is 0 Å². The fraction of sp³-hybridized carbons (Fsp3) is 0.364. The van der Waals surface area contributed by atoms with E-state index in [0.29, 0.717) is 6.42 Å². The van der Waals surface area contributed by atoms with Crippen molar-refractivity contribution in [2.24, 2.45) is 0 Å². The minimum atomic E-state index is -0.845. The summed E-state index contributed by atoms with van der Waals surface area (Å²) >= 11 is 3.85. The molecule has 0 saturated carbocycles. The fourth-order valence-electron chi connectivity index (χ4n) is 3.46. The quantitative estimate of drug-likeness (QED) is 0.698. The molecule has 1 heterocycles. The molecule has 0 spiro atoms. The topological polar surface area (TPSA) is 58.6 Å². The van der Waals surface area contributed by atoms with Gasteiger partial charge in [-0.3, -0.25) is 4.79 Å². The molecule has 2 amide bonds. The zero-order valence-electron chi connectivity index (χ0n) is 16.5. The van der Waals surface area contributed by atoms with Crippen LogP contribution >= 0.6 is 15.9 Å². The smallest absolute Gasteiger partial charge is 0.408 e. The van der Waals surface area contributed by atoms with E-state index in [1.54, 1.807) is 32.7 Å². The molecule has 1 N–H and O–H groups in total. The number of alkyl halides is 1. The number of rotatable bonds is 2. The summed E-state index contributed by atoms with van der Waals surface area (Å²) < 4.78 is 4.61. The van der Waals surface area contributed by atoms with Crippen molar-refractivity contribution in [2.45, 2.75) is 43.2 Å². The Morgan fingerprint density at radius 3 is 2.39 bits per heavy atom. The van der Waals surface area contributed by atoms with E-state index in [1.807, 2.05) is 54.6 Å². The standard InChI is InChI=1S/C22H25BrN2O3/c1-21(2,3)28-20(27)24-18-19(26)25(4)17-13-9-8-10-15(17)14-22(18,23)16-11-6-5-7-12-16/h5-13,18H,14H2,1-4H3,(H,24,27). The van der Waals surface area contributed by atoms with Crippen LogP contribution in [0.15, 0.2) is 54.6 Å². The van der Waals surface area contributed by atoms with Crippen molar-refractivity contribution in [3.63, 3.8) is 0 Å². The van der Waals surface area contributed by atoms with Gasteiger partial charge >= 0.3 is 6.09 Å². The van der Waals surface area contributed by atoms with E-state index < -0.39 is 22.1 Å². The summed E-state index contributed by atoms with van der Waals surface area (Å²) in [7, 11) is 1.73. The average Bonchev–Trinajstić information content (AvgIpc) is 2.71.